The van der Waals surface area contributed by atoms with Gasteiger partial charge in [-0.3, -0.25) is 9.36 Å². The minimum atomic E-state index is -0.349. The molecule has 1 saturated carbocycles. The van der Waals surface area contributed by atoms with Crippen molar-refractivity contribution in [2.24, 2.45) is 0 Å². The molecule has 144 valence electrons. The summed E-state index contributed by atoms with van der Waals surface area (Å²) in [5.41, 5.74) is 0.390. The predicted octanol–water partition coefficient (Wildman–Crippen LogP) is 4.20. The van der Waals surface area contributed by atoms with Gasteiger partial charge >= 0.3 is 0 Å². The van der Waals surface area contributed by atoms with Crippen molar-refractivity contribution in [3.63, 3.8) is 0 Å². The molecule has 0 bridgehead atoms. The number of thioether (sulfide) groups is 1. The number of halogens is 1. The number of benzene rings is 1. The molecule has 1 amide bonds. The molecular formula is C20H25FN4OS. The summed E-state index contributed by atoms with van der Waals surface area (Å²) in [6, 6.07) is 6.75. The van der Waals surface area contributed by atoms with Crippen LogP contribution in [0.15, 0.2) is 42.1 Å². The Balaban J connectivity index is 1.67. The number of nitrogens with one attached hydrogen (secondary N) is 1. The number of aromatic nitrogens is 3. The molecule has 1 aromatic heterocycles. The van der Waals surface area contributed by atoms with Crippen LogP contribution < -0.4 is 5.32 Å². The first-order valence-electron chi connectivity index (χ1n) is 9.40. The molecule has 1 N–H and O–H groups in total. The second kappa shape index (κ2) is 9.69. The molecule has 1 aliphatic rings. The molecule has 1 heterocycles. The molecule has 27 heavy (non-hydrogen) atoms. The Morgan fingerprint density at radius 2 is 2.00 bits per heavy atom. The van der Waals surface area contributed by atoms with Crippen molar-refractivity contribution in [1.82, 2.24) is 20.1 Å². The smallest absolute Gasteiger partial charge is 0.230 e. The van der Waals surface area contributed by atoms with Crippen molar-refractivity contribution in [1.29, 1.82) is 0 Å². The van der Waals surface area contributed by atoms with E-state index in [1.54, 1.807) is 28.8 Å². The summed E-state index contributed by atoms with van der Waals surface area (Å²) in [5, 5.41) is 12.0. The van der Waals surface area contributed by atoms with E-state index in [2.05, 4.69) is 22.1 Å². The van der Waals surface area contributed by atoms with Crippen LogP contribution in [0.2, 0.25) is 0 Å². The fourth-order valence-corrected chi connectivity index (χ4v) is 4.11. The summed E-state index contributed by atoms with van der Waals surface area (Å²) in [6.07, 6.45) is 8.69. The summed E-state index contributed by atoms with van der Waals surface area (Å²) < 4.78 is 15.9. The van der Waals surface area contributed by atoms with E-state index in [1.807, 2.05) is 0 Å². The van der Waals surface area contributed by atoms with Gasteiger partial charge in [-0.2, -0.15) is 0 Å². The summed E-state index contributed by atoms with van der Waals surface area (Å²) in [7, 11) is 0. The molecule has 5 nitrogen and oxygen atoms in total. The van der Waals surface area contributed by atoms with Crippen LogP contribution in [0.5, 0.6) is 0 Å². The Bertz CT molecular complexity index is 784. The Morgan fingerprint density at radius 3 is 2.70 bits per heavy atom. The first-order valence-corrected chi connectivity index (χ1v) is 10.4. The quantitative estimate of drug-likeness (QED) is 0.439. The molecule has 3 rings (SSSR count). The van der Waals surface area contributed by atoms with Gasteiger partial charge in [-0.05, 0) is 25.0 Å². The number of amides is 1. The summed E-state index contributed by atoms with van der Waals surface area (Å²) in [4.78, 5) is 12.3. The van der Waals surface area contributed by atoms with E-state index in [-0.39, 0.29) is 23.5 Å². The Kier molecular flexibility index (Phi) is 7.04. The number of carbonyl (C=O) groups is 1. The van der Waals surface area contributed by atoms with Gasteiger partial charge in [-0.25, -0.2) is 4.39 Å². The van der Waals surface area contributed by atoms with Gasteiger partial charge in [0.05, 0.1) is 11.3 Å². The van der Waals surface area contributed by atoms with Gasteiger partial charge in [0, 0.05) is 12.6 Å². The highest BCUT2D eigenvalue weighted by Gasteiger charge is 2.19. The van der Waals surface area contributed by atoms with Gasteiger partial charge in [0.2, 0.25) is 5.91 Å². The summed E-state index contributed by atoms with van der Waals surface area (Å²) >= 11 is 1.32. The first kappa shape index (κ1) is 19.6. The number of hydrogen-bond donors (Lipinski definition) is 1. The lowest BCUT2D eigenvalue weighted by atomic mass is 10.1. The van der Waals surface area contributed by atoms with Crippen molar-refractivity contribution in [2.45, 2.75) is 56.3 Å². The van der Waals surface area contributed by atoms with E-state index in [9.17, 15) is 9.18 Å². The van der Waals surface area contributed by atoms with Gasteiger partial charge < -0.3 is 5.32 Å². The topological polar surface area (TPSA) is 59.8 Å². The van der Waals surface area contributed by atoms with Crippen LogP contribution in [0.3, 0.4) is 0 Å². The van der Waals surface area contributed by atoms with E-state index < -0.39 is 0 Å². The van der Waals surface area contributed by atoms with Crippen LogP contribution in [-0.2, 0) is 11.3 Å². The van der Waals surface area contributed by atoms with Crippen LogP contribution in [0, 0.1) is 5.82 Å². The van der Waals surface area contributed by atoms with Crippen LogP contribution >= 0.6 is 11.8 Å². The number of carbonyl (C=O) groups excluding carboxylic acids is 1. The largest absolute Gasteiger partial charge is 0.353 e. The van der Waals surface area contributed by atoms with Crippen molar-refractivity contribution in [2.75, 3.05) is 5.75 Å². The number of hydrogen-bond acceptors (Lipinski definition) is 4. The van der Waals surface area contributed by atoms with Crippen molar-refractivity contribution in [3.05, 3.63) is 42.7 Å². The molecule has 0 saturated heterocycles. The maximum absolute atomic E-state index is 14.1. The third kappa shape index (κ3) is 5.19. The predicted molar refractivity (Wildman–Crippen MR) is 106 cm³/mol. The lowest BCUT2D eigenvalue weighted by molar-refractivity contribution is -0.119. The van der Waals surface area contributed by atoms with E-state index in [1.165, 1.54) is 43.5 Å². The third-order valence-corrected chi connectivity index (χ3v) is 5.66. The zero-order valence-corrected chi connectivity index (χ0v) is 16.2. The SMILES string of the molecule is C=CCn1c(SCC(=O)NC2CCCCCC2)nnc1-c1ccccc1F. The Morgan fingerprint density at radius 1 is 1.26 bits per heavy atom. The molecule has 7 heteroatoms. The lowest BCUT2D eigenvalue weighted by Gasteiger charge is -2.16. The molecule has 0 unspecified atom stereocenters. The summed E-state index contributed by atoms with van der Waals surface area (Å²) in [6.45, 7) is 4.20. The van der Waals surface area contributed by atoms with E-state index >= 15 is 0 Å². The fraction of sp³-hybridized carbons (Fsp3) is 0.450. The van der Waals surface area contributed by atoms with Gasteiger partial charge in [0.15, 0.2) is 11.0 Å². The van der Waals surface area contributed by atoms with Crippen molar-refractivity contribution < 1.29 is 9.18 Å². The molecule has 2 aromatic rings. The highest BCUT2D eigenvalue weighted by atomic mass is 32.2. The zero-order valence-electron chi connectivity index (χ0n) is 15.4. The first-order chi connectivity index (χ1) is 13.2. The van der Waals surface area contributed by atoms with Crippen LogP contribution in [0.4, 0.5) is 4.39 Å². The molecule has 0 atom stereocenters. The number of allylic oxidation sites excluding steroid dienone is 1. The van der Waals surface area contributed by atoms with Gasteiger partial charge in [0.25, 0.3) is 0 Å². The normalized spacial score (nSPS) is 15.3. The van der Waals surface area contributed by atoms with Crippen molar-refractivity contribution in [3.8, 4) is 11.4 Å². The van der Waals surface area contributed by atoms with Crippen LogP contribution in [-0.4, -0.2) is 32.5 Å². The average Bonchev–Trinajstić information content (AvgIpc) is 2.87. The van der Waals surface area contributed by atoms with Gasteiger partial charge in [-0.15, -0.1) is 16.8 Å². The molecule has 0 aliphatic heterocycles. The number of rotatable bonds is 7. The Labute approximate surface area is 163 Å². The van der Waals surface area contributed by atoms with Crippen molar-refractivity contribution >= 4 is 17.7 Å². The highest BCUT2D eigenvalue weighted by Crippen LogP contribution is 2.26. The van der Waals surface area contributed by atoms with Gasteiger partial charge in [-0.1, -0.05) is 55.7 Å². The highest BCUT2D eigenvalue weighted by molar-refractivity contribution is 7.99. The monoisotopic (exact) mass is 388 g/mol. The molecule has 1 fully saturated rings. The van der Waals surface area contributed by atoms with E-state index in [4.69, 9.17) is 0 Å². The maximum Gasteiger partial charge on any atom is 0.230 e. The third-order valence-electron chi connectivity index (χ3n) is 4.70. The number of nitrogens with zero attached hydrogens (tertiary/aromatic N) is 3. The van der Waals surface area contributed by atoms with Crippen LogP contribution in [0.1, 0.15) is 38.5 Å². The zero-order chi connectivity index (χ0) is 19.1. The Hall–Kier alpha value is -2.15. The molecular weight excluding hydrogens is 363 g/mol. The van der Waals surface area contributed by atoms with Gasteiger partial charge in [0.1, 0.15) is 5.82 Å². The molecule has 0 radical (unpaired) electrons. The van der Waals surface area contributed by atoms with E-state index in [0.717, 1.165) is 12.8 Å². The minimum Gasteiger partial charge on any atom is -0.353 e. The molecule has 1 aliphatic carbocycles. The minimum absolute atomic E-state index is 0.00694. The standard InChI is InChI=1S/C20H25FN4OS/c1-2-13-25-19(16-11-7-8-12-17(16)21)23-24-20(25)27-14-18(26)22-15-9-5-3-4-6-10-15/h2,7-8,11-12,15H,1,3-6,9-10,13-14H2,(H,22,26). The lowest BCUT2D eigenvalue weighted by Crippen LogP contribution is -2.35. The molecule has 0 spiro atoms. The average molecular weight is 389 g/mol. The summed E-state index contributed by atoms with van der Waals surface area (Å²) in [5.74, 6) is 0.369. The van der Waals surface area contributed by atoms with E-state index in [0.29, 0.717) is 23.1 Å². The fourth-order valence-electron chi connectivity index (χ4n) is 3.35. The molecule has 1 aromatic carbocycles. The second-order valence-electron chi connectivity index (χ2n) is 6.73. The van der Waals surface area contributed by atoms with Crippen LogP contribution in [0.25, 0.3) is 11.4 Å². The maximum atomic E-state index is 14.1. The second-order valence-corrected chi connectivity index (χ2v) is 7.67.